The van der Waals surface area contributed by atoms with Gasteiger partial charge in [0.2, 0.25) is 5.89 Å². The molecular formula is C28H24N2O. The van der Waals surface area contributed by atoms with Crippen molar-refractivity contribution in [2.45, 2.75) is 26.7 Å². The van der Waals surface area contributed by atoms with Gasteiger partial charge >= 0.3 is 0 Å². The van der Waals surface area contributed by atoms with Crippen molar-refractivity contribution >= 4 is 11.1 Å². The van der Waals surface area contributed by atoms with Crippen molar-refractivity contribution in [3.8, 4) is 33.8 Å². The highest BCUT2D eigenvalue weighted by Crippen LogP contribution is 2.36. The van der Waals surface area contributed by atoms with Gasteiger partial charge in [-0.1, -0.05) is 62.4 Å². The molecule has 2 aromatic heterocycles. The van der Waals surface area contributed by atoms with Gasteiger partial charge in [-0.25, -0.2) is 4.98 Å². The molecule has 5 rings (SSSR count). The summed E-state index contributed by atoms with van der Waals surface area (Å²) in [6.45, 7) is 6.55. The minimum Gasteiger partial charge on any atom is -0.436 e. The van der Waals surface area contributed by atoms with Gasteiger partial charge in [-0.3, -0.25) is 4.98 Å². The summed E-state index contributed by atoms with van der Waals surface area (Å²) >= 11 is 0. The summed E-state index contributed by atoms with van der Waals surface area (Å²) in [5.41, 5.74) is 9.27. The molecule has 0 N–H and O–H groups in total. The highest BCUT2D eigenvalue weighted by Gasteiger charge is 2.16. The lowest BCUT2D eigenvalue weighted by Crippen LogP contribution is -1.95. The van der Waals surface area contributed by atoms with Gasteiger partial charge in [-0.15, -0.1) is 0 Å². The number of rotatable bonds is 4. The number of nitrogens with zero attached hydrogens (tertiary/aromatic N) is 2. The molecule has 31 heavy (non-hydrogen) atoms. The van der Waals surface area contributed by atoms with E-state index in [1.54, 1.807) is 0 Å². The van der Waals surface area contributed by atoms with E-state index in [0.29, 0.717) is 11.8 Å². The molecule has 0 fully saturated rings. The predicted molar refractivity (Wildman–Crippen MR) is 127 cm³/mol. The fourth-order valence-corrected chi connectivity index (χ4v) is 4.04. The van der Waals surface area contributed by atoms with Gasteiger partial charge in [0.15, 0.2) is 5.58 Å². The van der Waals surface area contributed by atoms with Gasteiger partial charge in [0.25, 0.3) is 0 Å². The van der Waals surface area contributed by atoms with Crippen LogP contribution in [0.25, 0.3) is 44.9 Å². The summed E-state index contributed by atoms with van der Waals surface area (Å²) < 4.78 is 6.24. The van der Waals surface area contributed by atoms with E-state index < -0.39 is 0 Å². The van der Waals surface area contributed by atoms with Crippen molar-refractivity contribution in [2.75, 3.05) is 0 Å². The Kier molecular flexibility index (Phi) is 4.87. The lowest BCUT2D eigenvalue weighted by atomic mass is 9.95. The second-order valence-electron chi connectivity index (χ2n) is 8.20. The second-order valence-corrected chi connectivity index (χ2v) is 8.20. The van der Waals surface area contributed by atoms with Crippen LogP contribution in [0.3, 0.4) is 0 Å². The summed E-state index contributed by atoms with van der Waals surface area (Å²) in [6, 6.07) is 26.8. The molecule has 152 valence electrons. The number of aryl methyl sites for hydroxylation is 1. The smallest absolute Gasteiger partial charge is 0.227 e. The topological polar surface area (TPSA) is 38.9 Å². The number of pyridine rings is 1. The Balaban J connectivity index is 1.75. The van der Waals surface area contributed by atoms with Crippen molar-refractivity contribution in [3.05, 3.63) is 96.2 Å². The Morgan fingerprint density at radius 3 is 2.13 bits per heavy atom. The van der Waals surface area contributed by atoms with Crippen molar-refractivity contribution in [2.24, 2.45) is 0 Å². The number of oxazole rings is 1. The van der Waals surface area contributed by atoms with Crippen molar-refractivity contribution in [1.29, 1.82) is 0 Å². The summed E-state index contributed by atoms with van der Waals surface area (Å²) in [6.07, 6.45) is 1.97. The van der Waals surface area contributed by atoms with E-state index in [0.717, 1.165) is 39.0 Å². The lowest BCUT2D eigenvalue weighted by Gasteiger charge is -2.12. The van der Waals surface area contributed by atoms with Crippen molar-refractivity contribution in [3.63, 3.8) is 0 Å². The van der Waals surface area contributed by atoms with E-state index in [4.69, 9.17) is 14.4 Å². The minimum absolute atomic E-state index is 0.439. The van der Waals surface area contributed by atoms with E-state index in [-0.39, 0.29) is 0 Å². The van der Waals surface area contributed by atoms with Gasteiger partial charge < -0.3 is 4.42 Å². The average Bonchev–Trinajstić information content (AvgIpc) is 3.24. The van der Waals surface area contributed by atoms with E-state index in [1.807, 2.05) is 54.7 Å². The molecule has 0 aliphatic heterocycles. The zero-order chi connectivity index (χ0) is 21.4. The van der Waals surface area contributed by atoms with E-state index in [9.17, 15) is 0 Å². The fraction of sp³-hybridized carbons (Fsp3) is 0.143. The maximum atomic E-state index is 6.24. The van der Waals surface area contributed by atoms with Crippen LogP contribution in [-0.4, -0.2) is 9.97 Å². The molecule has 5 aromatic rings. The number of hydrogen-bond donors (Lipinski definition) is 0. The molecule has 0 aliphatic rings. The fourth-order valence-electron chi connectivity index (χ4n) is 4.04. The number of hydrogen-bond acceptors (Lipinski definition) is 3. The highest BCUT2D eigenvalue weighted by molar-refractivity contribution is 5.95. The van der Waals surface area contributed by atoms with Crippen molar-refractivity contribution in [1.82, 2.24) is 9.97 Å². The minimum atomic E-state index is 0.439. The van der Waals surface area contributed by atoms with E-state index in [1.165, 1.54) is 11.1 Å². The third-order valence-electron chi connectivity index (χ3n) is 5.66. The Morgan fingerprint density at radius 1 is 0.774 bits per heavy atom. The summed E-state index contributed by atoms with van der Waals surface area (Å²) in [4.78, 5) is 9.60. The average molecular weight is 405 g/mol. The van der Waals surface area contributed by atoms with Crippen LogP contribution in [-0.2, 0) is 0 Å². The number of aromatic nitrogens is 2. The van der Waals surface area contributed by atoms with Crippen LogP contribution >= 0.6 is 0 Å². The maximum Gasteiger partial charge on any atom is 0.227 e. The van der Waals surface area contributed by atoms with Crippen LogP contribution in [0.4, 0.5) is 0 Å². The first kappa shape index (κ1) is 19.3. The van der Waals surface area contributed by atoms with Crippen LogP contribution in [0.5, 0.6) is 0 Å². The molecule has 3 heteroatoms. The Hall–Kier alpha value is -3.72. The van der Waals surface area contributed by atoms with E-state index >= 15 is 0 Å². The van der Waals surface area contributed by atoms with Crippen LogP contribution < -0.4 is 0 Å². The molecular weight excluding hydrogens is 380 g/mol. The molecule has 0 saturated carbocycles. The molecule has 0 aliphatic carbocycles. The van der Waals surface area contributed by atoms with Gasteiger partial charge in [-0.2, -0.15) is 0 Å². The standard InChI is InChI=1S/C28H24N2O/c1-18(2)23-16-25(29-17-19(23)3)22-14-24(20-10-6-4-7-11-20)27-26(15-22)31-28(30-27)21-12-8-5-9-13-21/h4-18H,1-3H3. The Morgan fingerprint density at radius 2 is 1.45 bits per heavy atom. The van der Waals surface area contributed by atoms with Gasteiger partial charge in [0, 0.05) is 22.9 Å². The Bertz CT molecular complexity index is 1350. The molecule has 3 nitrogen and oxygen atoms in total. The molecule has 0 saturated heterocycles. The molecule has 0 atom stereocenters. The SMILES string of the molecule is Cc1cnc(-c2cc(-c3ccccc3)c3nc(-c4ccccc4)oc3c2)cc1C(C)C. The Labute approximate surface area is 182 Å². The maximum absolute atomic E-state index is 6.24. The first-order chi connectivity index (χ1) is 15.1. The third-order valence-corrected chi connectivity index (χ3v) is 5.66. The summed E-state index contributed by atoms with van der Waals surface area (Å²) in [7, 11) is 0. The highest BCUT2D eigenvalue weighted by atomic mass is 16.3. The van der Waals surface area contributed by atoms with Crippen LogP contribution in [0.1, 0.15) is 30.9 Å². The molecule has 0 unspecified atom stereocenters. The molecule has 0 bridgehead atoms. The summed E-state index contributed by atoms with van der Waals surface area (Å²) in [5, 5.41) is 0. The summed E-state index contributed by atoms with van der Waals surface area (Å²) in [5.74, 6) is 1.07. The van der Waals surface area contributed by atoms with Crippen LogP contribution in [0, 0.1) is 6.92 Å². The van der Waals surface area contributed by atoms with Gasteiger partial charge in [-0.05, 0) is 59.9 Å². The first-order valence-electron chi connectivity index (χ1n) is 10.6. The molecule has 2 heterocycles. The van der Waals surface area contributed by atoms with Crippen LogP contribution in [0.2, 0.25) is 0 Å². The second kappa shape index (κ2) is 7.84. The quantitative estimate of drug-likeness (QED) is 0.309. The van der Waals surface area contributed by atoms with Gasteiger partial charge in [0.05, 0.1) is 5.69 Å². The zero-order valence-corrected chi connectivity index (χ0v) is 18.0. The third kappa shape index (κ3) is 3.64. The molecule has 3 aromatic carbocycles. The van der Waals surface area contributed by atoms with E-state index in [2.05, 4.69) is 51.1 Å². The number of benzene rings is 3. The molecule has 0 amide bonds. The zero-order valence-electron chi connectivity index (χ0n) is 18.0. The number of fused-ring (bicyclic) bond motifs is 1. The lowest BCUT2D eigenvalue weighted by molar-refractivity contribution is 0.620. The largest absolute Gasteiger partial charge is 0.436 e. The van der Waals surface area contributed by atoms with Crippen molar-refractivity contribution < 1.29 is 4.42 Å². The molecule has 0 radical (unpaired) electrons. The normalized spacial score (nSPS) is 11.4. The van der Waals surface area contributed by atoms with Crippen LogP contribution in [0.15, 0.2) is 89.5 Å². The first-order valence-corrected chi connectivity index (χ1v) is 10.6. The molecule has 0 spiro atoms. The van der Waals surface area contributed by atoms with Gasteiger partial charge in [0.1, 0.15) is 5.52 Å². The monoisotopic (exact) mass is 404 g/mol. The predicted octanol–water partition coefficient (Wildman–Crippen LogP) is 7.66.